The number of furan rings is 3. The summed E-state index contributed by atoms with van der Waals surface area (Å²) in [7, 11) is 0. The molecule has 5 nitrogen and oxygen atoms in total. The molecule has 13 aromatic rings. The third-order valence-corrected chi connectivity index (χ3v) is 16.6. The summed E-state index contributed by atoms with van der Waals surface area (Å²) in [6, 6.07) is 66.7. The lowest BCUT2D eigenvalue weighted by molar-refractivity contribution is 0.643. The maximum atomic E-state index is 7.35. The Bertz CT molecular complexity index is 4040. The molecule has 0 aliphatic heterocycles. The average molecular weight is 947 g/mol. The molecule has 3 aromatic heterocycles. The van der Waals surface area contributed by atoms with Gasteiger partial charge in [-0.25, -0.2) is 0 Å². The molecule has 0 radical (unpaired) electrons. The molecule has 10 aromatic carbocycles. The van der Waals surface area contributed by atoms with E-state index in [9.17, 15) is 0 Å². The fourth-order valence-electron chi connectivity index (χ4n) is 13.2. The predicted octanol–water partition coefficient (Wildman–Crippen LogP) is 20.6. The zero-order valence-corrected chi connectivity index (χ0v) is 41.3. The number of aryl methyl sites for hydroxylation is 2. The first kappa shape index (κ1) is 42.4. The lowest BCUT2D eigenvalue weighted by Crippen LogP contribution is -2.11. The molecule has 15 rings (SSSR count). The van der Waals surface area contributed by atoms with E-state index in [2.05, 4.69) is 206 Å². The van der Waals surface area contributed by atoms with Crippen LogP contribution in [0.1, 0.15) is 85.5 Å². The van der Waals surface area contributed by atoms with Crippen molar-refractivity contribution in [2.24, 2.45) is 0 Å². The van der Waals surface area contributed by atoms with Crippen LogP contribution < -0.4 is 9.80 Å². The number of hydrogen-bond acceptors (Lipinski definition) is 5. The van der Waals surface area contributed by atoms with Gasteiger partial charge in [0.25, 0.3) is 0 Å². The van der Waals surface area contributed by atoms with Crippen molar-refractivity contribution in [1.82, 2.24) is 0 Å². The Morgan fingerprint density at radius 1 is 0.329 bits per heavy atom. The third kappa shape index (κ3) is 6.60. The van der Waals surface area contributed by atoms with Gasteiger partial charge in [-0.3, -0.25) is 0 Å². The van der Waals surface area contributed by atoms with Crippen molar-refractivity contribution in [1.29, 1.82) is 0 Å². The molecule has 5 heteroatoms. The van der Waals surface area contributed by atoms with Gasteiger partial charge in [-0.2, -0.15) is 0 Å². The van der Waals surface area contributed by atoms with Crippen LogP contribution in [0.3, 0.4) is 0 Å². The van der Waals surface area contributed by atoms with Crippen molar-refractivity contribution in [2.45, 2.75) is 77.0 Å². The van der Waals surface area contributed by atoms with Crippen molar-refractivity contribution in [3.8, 4) is 0 Å². The normalized spacial score (nSPS) is 14.7. The van der Waals surface area contributed by atoms with Crippen molar-refractivity contribution >= 4 is 121 Å². The van der Waals surface area contributed by atoms with E-state index in [1.807, 2.05) is 0 Å². The first-order chi connectivity index (χ1) is 36.0. The van der Waals surface area contributed by atoms with Gasteiger partial charge in [-0.1, -0.05) is 170 Å². The van der Waals surface area contributed by atoms with Crippen molar-refractivity contribution < 1.29 is 13.3 Å². The zero-order valence-electron chi connectivity index (χ0n) is 41.3. The first-order valence-electron chi connectivity index (χ1n) is 26.5. The van der Waals surface area contributed by atoms with Gasteiger partial charge in [0, 0.05) is 66.6 Å². The summed E-state index contributed by atoms with van der Waals surface area (Å²) in [4.78, 5) is 4.78. The predicted molar refractivity (Wildman–Crippen MR) is 305 cm³/mol. The van der Waals surface area contributed by atoms with Crippen LogP contribution in [0.15, 0.2) is 195 Å². The van der Waals surface area contributed by atoms with E-state index in [0.29, 0.717) is 11.8 Å². The second kappa shape index (κ2) is 16.6. The molecule has 354 valence electrons. The Balaban J connectivity index is 0.979. The van der Waals surface area contributed by atoms with E-state index in [0.717, 1.165) is 111 Å². The third-order valence-electron chi connectivity index (χ3n) is 16.6. The smallest absolute Gasteiger partial charge is 0.159 e. The summed E-state index contributed by atoms with van der Waals surface area (Å²) >= 11 is 0. The minimum absolute atomic E-state index is 0.523. The quantitative estimate of drug-likeness (QED) is 0.152. The second-order valence-electron chi connectivity index (χ2n) is 21.0. The lowest BCUT2D eigenvalue weighted by atomic mass is 9.95. The second-order valence-corrected chi connectivity index (χ2v) is 21.0. The Morgan fingerprint density at radius 2 is 0.685 bits per heavy atom. The molecule has 0 unspecified atom stereocenters. The summed E-state index contributed by atoms with van der Waals surface area (Å²) in [6.45, 7) is 4.30. The molecule has 0 spiro atoms. The van der Waals surface area contributed by atoms with Crippen LogP contribution in [-0.2, 0) is 0 Å². The minimum atomic E-state index is 0.523. The Hall–Kier alpha value is -8.28. The van der Waals surface area contributed by atoms with Gasteiger partial charge in [0.15, 0.2) is 11.2 Å². The first-order valence-corrected chi connectivity index (χ1v) is 26.5. The Morgan fingerprint density at radius 3 is 1.10 bits per heavy atom. The summed E-state index contributed by atoms with van der Waals surface area (Å²) in [5.41, 5.74) is 16.7. The summed E-state index contributed by atoms with van der Waals surface area (Å²) in [6.07, 6.45) is 9.92. The zero-order chi connectivity index (χ0) is 48.3. The number of fused-ring (bicyclic) bond motifs is 13. The highest BCUT2D eigenvalue weighted by atomic mass is 16.3. The number of anilines is 6. The van der Waals surface area contributed by atoms with Crippen molar-refractivity contribution in [2.75, 3.05) is 9.80 Å². The Labute approximate surface area is 423 Å². The van der Waals surface area contributed by atoms with Crippen LogP contribution in [0, 0.1) is 13.8 Å². The van der Waals surface area contributed by atoms with Crippen LogP contribution >= 0.6 is 0 Å². The molecular weight excluding hydrogens is 893 g/mol. The topological polar surface area (TPSA) is 45.9 Å². The SMILES string of the molecule is Cc1ccc(N(c2cc3oc4cc(N(c5ccc(C)cc5)c5cccc6c5oc5c(C7CCCC7)cccc56)c5ccccc5c4c3c3ccccc23)c2cccc3c2oc2c(C4CCCC4)cccc23)cc1. The highest BCUT2D eigenvalue weighted by Crippen LogP contribution is 2.52. The summed E-state index contributed by atoms with van der Waals surface area (Å²) in [5, 5.41) is 11.3. The maximum Gasteiger partial charge on any atom is 0.159 e. The van der Waals surface area contributed by atoms with Crippen LogP contribution in [0.4, 0.5) is 34.1 Å². The van der Waals surface area contributed by atoms with E-state index in [-0.39, 0.29) is 0 Å². The molecule has 3 heterocycles. The summed E-state index contributed by atoms with van der Waals surface area (Å²) in [5.74, 6) is 1.05. The van der Waals surface area contributed by atoms with Gasteiger partial charge in [-0.05, 0) is 110 Å². The molecule has 2 aliphatic carbocycles. The maximum absolute atomic E-state index is 7.35. The molecule has 0 amide bonds. The van der Waals surface area contributed by atoms with Gasteiger partial charge in [0.2, 0.25) is 0 Å². The van der Waals surface area contributed by atoms with Gasteiger partial charge in [0.05, 0.1) is 22.7 Å². The monoisotopic (exact) mass is 946 g/mol. The molecule has 2 fully saturated rings. The number of benzene rings is 10. The Kier molecular flexibility index (Phi) is 9.67. The molecular formula is C68H54N2O3. The van der Waals surface area contributed by atoms with E-state index in [4.69, 9.17) is 13.3 Å². The highest BCUT2D eigenvalue weighted by molar-refractivity contribution is 6.30. The van der Waals surface area contributed by atoms with Gasteiger partial charge < -0.3 is 23.1 Å². The van der Waals surface area contributed by atoms with E-state index >= 15 is 0 Å². The van der Waals surface area contributed by atoms with E-state index < -0.39 is 0 Å². The van der Waals surface area contributed by atoms with Crippen LogP contribution in [0.25, 0.3) is 87.4 Å². The molecule has 0 atom stereocenters. The largest absolute Gasteiger partial charge is 0.456 e. The lowest BCUT2D eigenvalue weighted by Gasteiger charge is -2.27. The molecule has 0 bridgehead atoms. The number of hydrogen-bond donors (Lipinski definition) is 0. The average Bonchev–Trinajstić information content (AvgIpc) is 4.33. The van der Waals surface area contributed by atoms with Gasteiger partial charge in [-0.15, -0.1) is 0 Å². The van der Waals surface area contributed by atoms with Crippen LogP contribution in [0.2, 0.25) is 0 Å². The number of para-hydroxylation sites is 4. The van der Waals surface area contributed by atoms with Crippen LogP contribution in [-0.4, -0.2) is 0 Å². The van der Waals surface area contributed by atoms with Gasteiger partial charge in [0.1, 0.15) is 22.3 Å². The number of rotatable bonds is 8. The molecule has 2 aliphatic rings. The number of nitrogens with zero attached hydrogens (tertiary/aromatic N) is 2. The van der Waals surface area contributed by atoms with Crippen molar-refractivity contribution in [3.05, 3.63) is 204 Å². The van der Waals surface area contributed by atoms with E-state index in [1.54, 1.807) is 0 Å². The van der Waals surface area contributed by atoms with Crippen LogP contribution in [0.5, 0.6) is 0 Å². The summed E-state index contributed by atoms with van der Waals surface area (Å²) < 4.78 is 21.7. The fourth-order valence-corrected chi connectivity index (χ4v) is 13.2. The molecule has 0 N–H and O–H groups in total. The molecule has 73 heavy (non-hydrogen) atoms. The molecule has 0 saturated heterocycles. The fraction of sp³-hybridized carbons (Fsp3) is 0.176. The highest BCUT2D eigenvalue weighted by Gasteiger charge is 2.29. The molecule has 2 saturated carbocycles. The minimum Gasteiger partial charge on any atom is -0.456 e. The standard InChI is InChI=1S/C68H54N2O3/c1-41-31-35-45(36-32-41)69(57-29-13-27-55-53-25-11-23-47(43-15-3-4-16-43)65(53)72-67(55)57)59-39-61-63(51-21-9-7-19-49(51)59)64-52-22-10-8-20-50(52)60(40-62(64)71-61)70(46-37-33-42(2)34-38-46)58-30-14-28-56-54-26-12-24-48(44-17-5-6-18-44)66(54)73-68(56)58/h7-14,19-40,43-44H,3-6,15-18H2,1-2H3. The van der Waals surface area contributed by atoms with E-state index in [1.165, 1.54) is 84.4 Å². The van der Waals surface area contributed by atoms with Gasteiger partial charge >= 0.3 is 0 Å². The van der Waals surface area contributed by atoms with Crippen molar-refractivity contribution in [3.63, 3.8) is 0 Å².